The number of hydrogen-bond donors (Lipinski definition) is 1. The molecule has 2 fully saturated rings. The molecule has 2 aromatic carbocycles. The molecule has 2 aliphatic heterocycles. The van der Waals surface area contributed by atoms with Gasteiger partial charge in [0.2, 0.25) is 10.0 Å². The summed E-state index contributed by atoms with van der Waals surface area (Å²) in [5.41, 5.74) is 3.09. The van der Waals surface area contributed by atoms with E-state index in [2.05, 4.69) is 20.6 Å². The van der Waals surface area contributed by atoms with E-state index in [4.69, 9.17) is 10.00 Å². The molecule has 2 atom stereocenters. The molecule has 0 aliphatic carbocycles. The van der Waals surface area contributed by atoms with Crippen molar-refractivity contribution in [1.82, 2.24) is 14.5 Å². The molecule has 2 saturated heterocycles. The molecule has 0 amide bonds. The number of fused-ring (bicyclic) bond motifs is 2. The van der Waals surface area contributed by atoms with Crippen LogP contribution in [0.2, 0.25) is 0 Å². The van der Waals surface area contributed by atoms with Crippen LogP contribution in [-0.2, 0) is 27.8 Å². The third-order valence-corrected chi connectivity index (χ3v) is 7.32. The van der Waals surface area contributed by atoms with Crippen LogP contribution in [0.25, 0.3) is 0 Å². The maximum Gasteiger partial charge on any atom is 0.213 e. The minimum absolute atomic E-state index is 0.0288. The topological polar surface area (TPSA) is 109 Å². The lowest BCUT2D eigenvalue weighted by atomic mass is 10.1. The van der Waals surface area contributed by atoms with Crippen molar-refractivity contribution in [3.63, 3.8) is 0 Å². The van der Waals surface area contributed by atoms with E-state index in [9.17, 15) is 13.7 Å². The maximum absolute atomic E-state index is 12.5. The Balaban J connectivity index is 1.25. The molecule has 4 rings (SSSR count). The zero-order valence-corrected chi connectivity index (χ0v) is 19.2. The van der Waals surface area contributed by atoms with E-state index < -0.39 is 10.0 Å². The van der Waals surface area contributed by atoms with Gasteiger partial charge in [-0.05, 0) is 29.3 Å². The van der Waals surface area contributed by atoms with Gasteiger partial charge in [-0.25, -0.2) is 13.1 Å². The highest BCUT2D eigenvalue weighted by atomic mass is 32.2. The van der Waals surface area contributed by atoms with Gasteiger partial charge >= 0.3 is 0 Å². The molecule has 8 nitrogen and oxygen atoms in total. The van der Waals surface area contributed by atoms with Gasteiger partial charge in [-0.2, -0.15) is 10.5 Å². The number of sulfonamides is 1. The number of benzene rings is 2. The van der Waals surface area contributed by atoms with Crippen molar-refractivity contribution in [3.05, 3.63) is 70.8 Å². The molecular formula is C24H27N5O3S. The summed E-state index contributed by atoms with van der Waals surface area (Å²) >= 11 is 0. The first-order chi connectivity index (χ1) is 15.9. The van der Waals surface area contributed by atoms with Crippen LogP contribution in [0.4, 0.5) is 0 Å². The highest BCUT2D eigenvalue weighted by Crippen LogP contribution is 2.21. The van der Waals surface area contributed by atoms with Gasteiger partial charge in [0.25, 0.3) is 0 Å². The van der Waals surface area contributed by atoms with Crippen molar-refractivity contribution in [2.45, 2.75) is 25.3 Å². The van der Waals surface area contributed by atoms with Crippen LogP contribution in [0.15, 0.2) is 48.5 Å². The number of nitrogens with zero attached hydrogens (tertiary/aromatic N) is 4. The fraction of sp³-hybridized carbons (Fsp3) is 0.417. The monoisotopic (exact) mass is 465 g/mol. The molecule has 2 bridgehead atoms. The quantitative estimate of drug-likeness (QED) is 0.628. The van der Waals surface area contributed by atoms with Crippen LogP contribution < -0.4 is 4.72 Å². The Kier molecular flexibility index (Phi) is 7.39. The second-order valence-electron chi connectivity index (χ2n) is 8.55. The summed E-state index contributed by atoms with van der Waals surface area (Å²) < 4.78 is 33.7. The standard InChI is InChI=1S/C24H27N5O3S/c25-11-19-5-7-20(8-6-19)13-27-33(30,31)10-9-28-15-23-17-29(18-24(16-28)32-23)14-22-4-2-1-3-21(22)12-26/h1-8,23-24,27H,9-10,13-18H2. The Morgan fingerprint density at radius 3 is 2.27 bits per heavy atom. The molecule has 0 aromatic heterocycles. The van der Waals surface area contributed by atoms with Gasteiger partial charge in [-0.15, -0.1) is 0 Å². The lowest BCUT2D eigenvalue weighted by molar-refractivity contribution is -0.139. The summed E-state index contributed by atoms with van der Waals surface area (Å²) in [5, 5.41) is 18.2. The number of rotatable bonds is 8. The number of hydrogen-bond acceptors (Lipinski definition) is 7. The third-order valence-electron chi connectivity index (χ3n) is 6.02. The van der Waals surface area contributed by atoms with Gasteiger partial charge in [0.1, 0.15) is 0 Å². The molecule has 0 radical (unpaired) electrons. The average Bonchev–Trinajstić information content (AvgIpc) is 2.82. The van der Waals surface area contributed by atoms with E-state index >= 15 is 0 Å². The first kappa shape index (κ1) is 23.4. The SMILES string of the molecule is N#Cc1ccc(CNS(=O)(=O)CCN2CC3CN(Cc4ccccc4C#N)CC(C2)O3)cc1. The van der Waals surface area contributed by atoms with E-state index in [1.807, 2.05) is 30.3 Å². The zero-order valence-electron chi connectivity index (χ0n) is 18.4. The fourth-order valence-corrected chi connectivity index (χ4v) is 5.42. The van der Waals surface area contributed by atoms with E-state index in [1.165, 1.54) is 0 Å². The first-order valence-corrected chi connectivity index (χ1v) is 12.6. The molecule has 172 valence electrons. The van der Waals surface area contributed by atoms with Crippen LogP contribution >= 0.6 is 0 Å². The second kappa shape index (κ2) is 10.4. The van der Waals surface area contributed by atoms with Crippen LogP contribution in [0.1, 0.15) is 22.3 Å². The summed E-state index contributed by atoms with van der Waals surface area (Å²) in [5.74, 6) is 0.0297. The second-order valence-corrected chi connectivity index (χ2v) is 10.5. The number of morpholine rings is 2. The molecule has 33 heavy (non-hydrogen) atoms. The molecule has 1 N–H and O–H groups in total. The summed E-state index contributed by atoms with van der Waals surface area (Å²) in [6, 6.07) is 18.8. The molecule has 2 aromatic rings. The van der Waals surface area contributed by atoms with Crippen molar-refractivity contribution in [2.75, 3.05) is 38.5 Å². The van der Waals surface area contributed by atoms with Crippen molar-refractivity contribution in [1.29, 1.82) is 10.5 Å². The van der Waals surface area contributed by atoms with Gasteiger partial charge in [0, 0.05) is 45.8 Å². The predicted molar refractivity (Wildman–Crippen MR) is 123 cm³/mol. The summed E-state index contributed by atoms with van der Waals surface area (Å²) in [4.78, 5) is 4.49. The zero-order chi connectivity index (χ0) is 23.3. The van der Waals surface area contributed by atoms with Crippen molar-refractivity contribution in [2.24, 2.45) is 0 Å². The number of ether oxygens (including phenoxy) is 1. The molecule has 0 spiro atoms. The smallest absolute Gasteiger partial charge is 0.213 e. The van der Waals surface area contributed by atoms with E-state index in [0.717, 1.165) is 24.2 Å². The summed E-state index contributed by atoms with van der Waals surface area (Å²) in [6.07, 6.45) is 0.0575. The Bertz CT molecular complexity index is 1140. The lowest BCUT2D eigenvalue weighted by Gasteiger charge is -2.46. The minimum Gasteiger partial charge on any atom is -0.370 e. The minimum atomic E-state index is -3.42. The summed E-state index contributed by atoms with van der Waals surface area (Å²) in [6.45, 7) is 4.29. The number of nitriles is 2. The largest absolute Gasteiger partial charge is 0.370 e. The van der Waals surface area contributed by atoms with E-state index in [1.54, 1.807) is 24.3 Å². The first-order valence-electron chi connectivity index (χ1n) is 11.0. The Morgan fingerprint density at radius 1 is 0.939 bits per heavy atom. The Hall–Kier alpha value is -2.79. The van der Waals surface area contributed by atoms with Gasteiger partial charge in [0.05, 0.1) is 41.2 Å². The maximum atomic E-state index is 12.5. The van der Waals surface area contributed by atoms with E-state index in [0.29, 0.717) is 37.3 Å². The molecule has 2 aliphatic rings. The van der Waals surface area contributed by atoms with Crippen LogP contribution in [-0.4, -0.2) is 68.9 Å². The molecule has 2 heterocycles. The normalized spacial score (nSPS) is 21.3. The van der Waals surface area contributed by atoms with Crippen LogP contribution in [0, 0.1) is 22.7 Å². The van der Waals surface area contributed by atoms with Crippen molar-refractivity contribution < 1.29 is 13.2 Å². The number of nitrogens with one attached hydrogen (secondary N) is 1. The van der Waals surface area contributed by atoms with Crippen molar-refractivity contribution >= 4 is 10.0 Å². The summed E-state index contributed by atoms with van der Waals surface area (Å²) in [7, 11) is -3.42. The van der Waals surface area contributed by atoms with Gasteiger partial charge < -0.3 is 4.74 Å². The van der Waals surface area contributed by atoms with Crippen LogP contribution in [0.3, 0.4) is 0 Å². The molecular weight excluding hydrogens is 438 g/mol. The van der Waals surface area contributed by atoms with Crippen molar-refractivity contribution in [3.8, 4) is 12.1 Å². The van der Waals surface area contributed by atoms with Gasteiger partial charge in [0.15, 0.2) is 0 Å². The van der Waals surface area contributed by atoms with Gasteiger partial charge in [-0.3, -0.25) is 9.80 Å². The van der Waals surface area contributed by atoms with E-state index in [-0.39, 0.29) is 24.5 Å². The predicted octanol–water partition coefficient (Wildman–Crippen LogP) is 1.43. The average molecular weight is 466 g/mol. The Morgan fingerprint density at radius 2 is 1.61 bits per heavy atom. The molecule has 2 unspecified atom stereocenters. The highest BCUT2D eigenvalue weighted by molar-refractivity contribution is 7.89. The fourth-order valence-electron chi connectivity index (χ4n) is 4.39. The molecule has 9 heteroatoms. The third kappa shape index (κ3) is 6.38. The molecule has 0 saturated carbocycles. The Labute approximate surface area is 195 Å². The van der Waals surface area contributed by atoms with Gasteiger partial charge in [-0.1, -0.05) is 30.3 Å². The van der Waals surface area contributed by atoms with Crippen LogP contribution in [0.5, 0.6) is 0 Å². The lowest BCUT2D eigenvalue weighted by Crippen LogP contribution is -2.59. The highest BCUT2D eigenvalue weighted by Gasteiger charge is 2.35.